The third-order valence-corrected chi connectivity index (χ3v) is 4.79. The number of nitrogens with zero attached hydrogens (tertiary/aromatic N) is 3. The molecule has 0 unspecified atom stereocenters. The zero-order valence-corrected chi connectivity index (χ0v) is 14.1. The zero-order chi connectivity index (χ0) is 16.9. The maximum absolute atomic E-state index is 12.8. The number of rotatable bonds is 2. The molecule has 0 radical (unpaired) electrons. The summed E-state index contributed by atoms with van der Waals surface area (Å²) in [6, 6.07) is 10.3. The lowest BCUT2D eigenvalue weighted by molar-refractivity contribution is 0.0908. The van der Waals surface area contributed by atoms with Gasteiger partial charge >= 0.3 is 0 Å². The fraction of sp³-hybridized carbons (Fsp3) is 0.316. The van der Waals surface area contributed by atoms with Crippen LogP contribution in [0.2, 0.25) is 0 Å². The summed E-state index contributed by atoms with van der Waals surface area (Å²) in [5.41, 5.74) is 5.40. The maximum Gasteiger partial charge on any atom is 0.255 e. The van der Waals surface area contributed by atoms with E-state index in [0.29, 0.717) is 5.56 Å². The highest BCUT2D eigenvalue weighted by Crippen LogP contribution is 2.30. The molecule has 5 heteroatoms. The number of carbonyl (C=O) groups excluding carboxylic acids is 1. The largest absolute Gasteiger partial charge is 0.346 e. The first-order valence-electron chi connectivity index (χ1n) is 8.16. The number of carbonyl (C=O) groups is 1. The van der Waals surface area contributed by atoms with E-state index in [4.69, 9.17) is 0 Å². The molecule has 1 amide bonds. The molecule has 4 rings (SSSR count). The smallest absolute Gasteiger partial charge is 0.255 e. The van der Waals surface area contributed by atoms with Crippen LogP contribution in [0.3, 0.4) is 0 Å². The van der Waals surface area contributed by atoms with Crippen LogP contribution in [-0.4, -0.2) is 26.0 Å². The van der Waals surface area contributed by atoms with E-state index in [0.717, 1.165) is 29.9 Å². The summed E-state index contributed by atoms with van der Waals surface area (Å²) in [6.07, 6.45) is 3.35. The summed E-state index contributed by atoms with van der Waals surface area (Å²) in [5, 5.41) is 7.62. The summed E-state index contributed by atoms with van der Waals surface area (Å²) < 4.78 is 1.73. The van der Waals surface area contributed by atoms with Gasteiger partial charge in [-0.3, -0.25) is 4.79 Å². The number of fused-ring (bicyclic) bond motifs is 2. The van der Waals surface area contributed by atoms with Gasteiger partial charge in [-0.15, -0.1) is 0 Å². The molecule has 3 aromatic rings. The SMILES string of the molecule is Cc1cc2ncc(C(=O)NC3(C)Cc4ccccc4C3)c(C)n2n1. The van der Waals surface area contributed by atoms with Gasteiger partial charge in [0.25, 0.3) is 5.91 Å². The van der Waals surface area contributed by atoms with Crippen LogP contribution in [0.1, 0.15) is 39.8 Å². The van der Waals surface area contributed by atoms with E-state index < -0.39 is 0 Å². The van der Waals surface area contributed by atoms with E-state index in [9.17, 15) is 4.79 Å². The van der Waals surface area contributed by atoms with Crippen LogP contribution in [0.15, 0.2) is 36.5 Å². The van der Waals surface area contributed by atoms with Crippen molar-refractivity contribution in [2.45, 2.75) is 39.2 Å². The Morgan fingerprint density at radius 3 is 2.54 bits per heavy atom. The van der Waals surface area contributed by atoms with Gasteiger partial charge in [0.2, 0.25) is 0 Å². The lowest BCUT2D eigenvalue weighted by Crippen LogP contribution is -2.47. The molecule has 0 bridgehead atoms. The minimum atomic E-state index is -0.262. The molecule has 0 aliphatic heterocycles. The third-order valence-electron chi connectivity index (χ3n) is 4.79. The van der Waals surface area contributed by atoms with Gasteiger partial charge in [0.05, 0.1) is 17.0 Å². The molecule has 1 N–H and O–H groups in total. The van der Waals surface area contributed by atoms with Gasteiger partial charge in [0.1, 0.15) is 0 Å². The predicted molar refractivity (Wildman–Crippen MR) is 92.2 cm³/mol. The number of nitrogens with one attached hydrogen (secondary N) is 1. The molecule has 1 aromatic carbocycles. The van der Waals surface area contributed by atoms with Crippen molar-refractivity contribution in [1.82, 2.24) is 19.9 Å². The van der Waals surface area contributed by atoms with Crippen molar-refractivity contribution in [3.05, 3.63) is 64.6 Å². The second kappa shape index (κ2) is 5.16. The second-order valence-electron chi connectivity index (χ2n) is 6.95. The number of aromatic nitrogens is 3. The first-order valence-corrected chi connectivity index (χ1v) is 8.16. The van der Waals surface area contributed by atoms with Crippen LogP contribution in [0.5, 0.6) is 0 Å². The molecule has 5 nitrogen and oxygen atoms in total. The van der Waals surface area contributed by atoms with Crippen molar-refractivity contribution < 1.29 is 4.79 Å². The lowest BCUT2D eigenvalue weighted by atomic mass is 9.98. The summed E-state index contributed by atoms with van der Waals surface area (Å²) >= 11 is 0. The predicted octanol–water partition coefficient (Wildman–Crippen LogP) is 2.63. The molecular weight excluding hydrogens is 300 g/mol. The van der Waals surface area contributed by atoms with E-state index in [-0.39, 0.29) is 11.4 Å². The Morgan fingerprint density at radius 1 is 1.21 bits per heavy atom. The molecular formula is C19H20N4O. The van der Waals surface area contributed by atoms with E-state index in [1.165, 1.54) is 11.1 Å². The Bertz CT molecular complexity index is 932. The van der Waals surface area contributed by atoms with Crippen LogP contribution >= 0.6 is 0 Å². The number of benzene rings is 1. The second-order valence-corrected chi connectivity index (χ2v) is 6.95. The third kappa shape index (κ3) is 2.37. The maximum atomic E-state index is 12.8. The van der Waals surface area contributed by atoms with Crippen molar-refractivity contribution in [3.63, 3.8) is 0 Å². The highest BCUT2D eigenvalue weighted by atomic mass is 16.1. The van der Waals surface area contributed by atoms with E-state index in [2.05, 4.69) is 46.6 Å². The average molecular weight is 320 g/mol. The van der Waals surface area contributed by atoms with Crippen molar-refractivity contribution >= 4 is 11.6 Å². The molecule has 24 heavy (non-hydrogen) atoms. The molecule has 0 saturated heterocycles. The van der Waals surface area contributed by atoms with Crippen molar-refractivity contribution in [3.8, 4) is 0 Å². The zero-order valence-electron chi connectivity index (χ0n) is 14.1. The monoisotopic (exact) mass is 320 g/mol. The Balaban J connectivity index is 1.62. The summed E-state index contributed by atoms with van der Waals surface area (Å²) in [6.45, 7) is 5.93. The Labute approximate surface area is 140 Å². The normalized spacial score (nSPS) is 15.5. The molecule has 0 spiro atoms. The van der Waals surface area contributed by atoms with Crippen LogP contribution in [0.25, 0.3) is 5.65 Å². The van der Waals surface area contributed by atoms with Crippen LogP contribution < -0.4 is 5.32 Å². The van der Waals surface area contributed by atoms with E-state index >= 15 is 0 Å². The number of aryl methyl sites for hydroxylation is 2. The number of amides is 1. The Kier molecular flexibility index (Phi) is 3.20. The lowest BCUT2D eigenvalue weighted by Gasteiger charge is -2.25. The van der Waals surface area contributed by atoms with Crippen LogP contribution in [0, 0.1) is 13.8 Å². The number of hydrogen-bond acceptors (Lipinski definition) is 3. The average Bonchev–Trinajstić information content (AvgIpc) is 3.06. The minimum absolute atomic E-state index is 0.0923. The quantitative estimate of drug-likeness (QED) is 0.789. The van der Waals surface area contributed by atoms with Crippen molar-refractivity contribution in [2.75, 3.05) is 0 Å². The van der Waals surface area contributed by atoms with Crippen molar-refractivity contribution in [1.29, 1.82) is 0 Å². The summed E-state index contributed by atoms with van der Waals surface area (Å²) in [4.78, 5) is 17.2. The summed E-state index contributed by atoms with van der Waals surface area (Å²) in [7, 11) is 0. The van der Waals surface area contributed by atoms with E-state index in [1.54, 1.807) is 10.7 Å². The van der Waals surface area contributed by atoms with Gasteiger partial charge < -0.3 is 5.32 Å². The molecule has 1 aliphatic rings. The first kappa shape index (κ1) is 14.9. The van der Waals surface area contributed by atoms with Gasteiger partial charge in [-0.1, -0.05) is 24.3 Å². The molecule has 122 valence electrons. The molecule has 2 aromatic heterocycles. The molecule has 2 heterocycles. The summed E-state index contributed by atoms with van der Waals surface area (Å²) in [5.74, 6) is -0.0923. The molecule has 0 atom stereocenters. The highest BCUT2D eigenvalue weighted by Gasteiger charge is 2.34. The van der Waals surface area contributed by atoms with Gasteiger partial charge in [-0.05, 0) is 44.7 Å². The minimum Gasteiger partial charge on any atom is -0.346 e. The highest BCUT2D eigenvalue weighted by molar-refractivity contribution is 5.95. The van der Waals surface area contributed by atoms with Crippen molar-refractivity contribution in [2.24, 2.45) is 0 Å². The van der Waals surface area contributed by atoms with E-state index in [1.807, 2.05) is 19.9 Å². The van der Waals surface area contributed by atoms with Gasteiger partial charge in [-0.25, -0.2) is 9.50 Å². The molecule has 0 fully saturated rings. The fourth-order valence-corrected chi connectivity index (χ4v) is 3.62. The number of hydrogen-bond donors (Lipinski definition) is 1. The topological polar surface area (TPSA) is 59.3 Å². The van der Waals surface area contributed by atoms with Gasteiger partial charge in [0, 0.05) is 17.8 Å². The molecule has 0 saturated carbocycles. The Morgan fingerprint density at radius 2 is 1.88 bits per heavy atom. The van der Waals surface area contributed by atoms with Gasteiger partial charge in [0.15, 0.2) is 5.65 Å². The Hall–Kier alpha value is -2.69. The van der Waals surface area contributed by atoms with Crippen LogP contribution in [-0.2, 0) is 12.8 Å². The standard InChI is InChI=1S/C19H20N4O/c1-12-8-17-20-11-16(13(2)23(17)22-12)18(24)21-19(3)9-14-6-4-5-7-15(14)10-19/h4-8,11H,9-10H2,1-3H3,(H,21,24). The van der Waals surface area contributed by atoms with Gasteiger partial charge in [-0.2, -0.15) is 5.10 Å². The first-order chi connectivity index (χ1) is 11.5. The van der Waals surface area contributed by atoms with Crippen LogP contribution in [0.4, 0.5) is 0 Å². The molecule has 1 aliphatic carbocycles. The fourth-order valence-electron chi connectivity index (χ4n) is 3.62.